The van der Waals surface area contributed by atoms with Gasteiger partial charge >= 0.3 is 0 Å². The molecule has 6 nitrogen and oxygen atoms in total. The van der Waals surface area contributed by atoms with Crippen molar-refractivity contribution in [3.05, 3.63) is 97.4 Å². The second-order valence-corrected chi connectivity index (χ2v) is 9.50. The van der Waals surface area contributed by atoms with Gasteiger partial charge in [0.1, 0.15) is 17.4 Å². The Morgan fingerprint density at radius 3 is 2.51 bits per heavy atom. The number of carbonyl (C=O) groups is 2. The Hall–Kier alpha value is -3.41. The summed E-state index contributed by atoms with van der Waals surface area (Å²) >= 11 is 6.87. The first-order valence-corrected chi connectivity index (χ1v) is 12.3. The smallest absolute Gasteiger partial charge is 0.262 e. The fourth-order valence-electron chi connectivity index (χ4n) is 3.23. The molecule has 0 fully saturated rings. The van der Waals surface area contributed by atoms with Gasteiger partial charge in [-0.15, -0.1) is 0 Å². The number of nitrogens with one attached hydrogen (secondary N) is 2. The second-order valence-electron chi connectivity index (χ2n) is 7.73. The molecule has 0 radical (unpaired) electrons. The van der Waals surface area contributed by atoms with Gasteiger partial charge in [-0.25, -0.2) is 0 Å². The minimum Gasteiger partial charge on any atom is -0.482 e. The number of rotatable bonds is 8. The lowest BCUT2D eigenvalue weighted by Gasteiger charge is -2.14. The Morgan fingerprint density at radius 2 is 1.80 bits per heavy atom. The normalized spacial score (nSPS) is 10.9. The van der Waals surface area contributed by atoms with E-state index < -0.39 is 5.91 Å². The van der Waals surface area contributed by atoms with Crippen molar-refractivity contribution >= 4 is 55.4 Å². The van der Waals surface area contributed by atoms with Crippen molar-refractivity contribution in [2.45, 2.75) is 20.4 Å². The fourth-order valence-corrected chi connectivity index (χ4v) is 4.60. The molecule has 3 aromatic rings. The lowest BCUT2D eigenvalue weighted by molar-refractivity contribution is -0.118. The van der Waals surface area contributed by atoms with E-state index in [1.54, 1.807) is 12.1 Å². The predicted molar refractivity (Wildman–Crippen MR) is 144 cm³/mol. The van der Waals surface area contributed by atoms with Gasteiger partial charge in [-0.2, -0.15) is 5.26 Å². The molecular formula is C27H23Br2N3O3. The molecule has 0 aromatic heterocycles. The third-order valence-corrected chi connectivity index (χ3v) is 6.27. The standard InChI is InChI=1S/C27H23Br2N3O3/c1-17-7-6-10-24(18(17)2)32-25(33)16-35-26-20(12-22(28)13-23(26)29)11-21(14-30)27(34)31-15-19-8-4-3-5-9-19/h3-13H,15-16H2,1-2H3,(H,31,34)(H,32,33)/b21-11+. The molecule has 0 saturated carbocycles. The van der Waals surface area contributed by atoms with Crippen LogP contribution < -0.4 is 15.4 Å². The summed E-state index contributed by atoms with van der Waals surface area (Å²) < 4.78 is 7.10. The highest BCUT2D eigenvalue weighted by Crippen LogP contribution is 2.34. The summed E-state index contributed by atoms with van der Waals surface area (Å²) in [6.45, 7) is 3.95. The van der Waals surface area contributed by atoms with Crippen molar-refractivity contribution in [1.82, 2.24) is 5.32 Å². The van der Waals surface area contributed by atoms with Crippen LogP contribution in [0.2, 0.25) is 0 Å². The summed E-state index contributed by atoms with van der Waals surface area (Å²) in [5, 5.41) is 15.2. The third kappa shape index (κ3) is 7.28. The monoisotopic (exact) mass is 595 g/mol. The molecule has 0 aliphatic heterocycles. The Morgan fingerprint density at radius 1 is 1.06 bits per heavy atom. The number of nitrogens with zero attached hydrogens (tertiary/aromatic N) is 1. The Bertz CT molecular complexity index is 1320. The van der Waals surface area contributed by atoms with Crippen LogP contribution in [0.25, 0.3) is 6.08 Å². The zero-order valence-corrected chi connectivity index (χ0v) is 22.4. The average molecular weight is 597 g/mol. The molecular weight excluding hydrogens is 574 g/mol. The number of halogens is 2. The van der Waals surface area contributed by atoms with E-state index in [-0.39, 0.29) is 18.1 Å². The van der Waals surface area contributed by atoms with E-state index in [4.69, 9.17) is 4.74 Å². The van der Waals surface area contributed by atoms with Crippen LogP contribution in [0, 0.1) is 25.2 Å². The Kier molecular flexibility index (Phi) is 9.24. The number of ether oxygens (including phenoxy) is 1. The van der Waals surface area contributed by atoms with Crippen molar-refractivity contribution in [3.8, 4) is 11.8 Å². The fraction of sp³-hybridized carbons (Fsp3) is 0.148. The first-order valence-electron chi connectivity index (χ1n) is 10.7. The zero-order valence-electron chi connectivity index (χ0n) is 19.2. The largest absolute Gasteiger partial charge is 0.482 e. The first-order chi connectivity index (χ1) is 16.8. The molecule has 178 valence electrons. The van der Waals surface area contributed by atoms with Crippen LogP contribution in [0.15, 0.2) is 75.2 Å². The molecule has 0 spiro atoms. The minimum absolute atomic E-state index is 0.0874. The molecule has 0 unspecified atom stereocenters. The maximum atomic E-state index is 12.6. The number of nitriles is 1. The van der Waals surface area contributed by atoms with Crippen LogP contribution in [0.5, 0.6) is 5.75 Å². The molecule has 3 aromatic carbocycles. The van der Waals surface area contributed by atoms with E-state index in [9.17, 15) is 14.9 Å². The van der Waals surface area contributed by atoms with Crippen LogP contribution in [-0.2, 0) is 16.1 Å². The van der Waals surface area contributed by atoms with Gasteiger partial charge in [0.25, 0.3) is 11.8 Å². The van der Waals surface area contributed by atoms with Crippen molar-refractivity contribution in [2.75, 3.05) is 11.9 Å². The van der Waals surface area contributed by atoms with Crippen molar-refractivity contribution in [3.63, 3.8) is 0 Å². The van der Waals surface area contributed by atoms with Gasteiger partial charge in [-0.3, -0.25) is 9.59 Å². The SMILES string of the molecule is Cc1cccc(NC(=O)COc2c(Br)cc(Br)cc2/C=C(\C#N)C(=O)NCc2ccccc2)c1C. The molecule has 0 bridgehead atoms. The molecule has 0 heterocycles. The van der Waals surface area contributed by atoms with E-state index in [0.717, 1.165) is 22.4 Å². The van der Waals surface area contributed by atoms with E-state index in [2.05, 4.69) is 42.5 Å². The van der Waals surface area contributed by atoms with Crippen LogP contribution in [0.3, 0.4) is 0 Å². The first kappa shape index (κ1) is 26.2. The van der Waals surface area contributed by atoms with E-state index in [0.29, 0.717) is 26.8 Å². The summed E-state index contributed by atoms with van der Waals surface area (Å²) in [4.78, 5) is 25.2. The topological polar surface area (TPSA) is 91.2 Å². The number of carbonyl (C=O) groups excluding carboxylic acids is 2. The number of hydrogen-bond donors (Lipinski definition) is 2. The van der Waals surface area contributed by atoms with E-state index in [1.807, 2.05) is 68.4 Å². The summed E-state index contributed by atoms with van der Waals surface area (Å²) in [6, 6.07) is 20.5. The molecule has 2 amide bonds. The van der Waals surface area contributed by atoms with Gasteiger partial charge in [0.2, 0.25) is 0 Å². The lowest BCUT2D eigenvalue weighted by Crippen LogP contribution is -2.24. The van der Waals surface area contributed by atoms with Crippen molar-refractivity contribution in [2.24, 2.45) is 0 Å². The molecule has 35 heavy (non-hydrogen) atoms. The van der Waals surface area contributed by atoms with Gasteiger partial charge in [-0.05, 0) is 70.7 Å². The van der Waals surface area contributed by atoms with Crippen LogP contribution in [0.4, 0.5) is 5.69 Å². The Labute approximate surface area is 221 Å². The lowest BCUT2D eigenvalue weighted by atomic mass is 10.1. The molecule has 0 aliphatic carbocycles. The highest BCUT2D eigenvalue weighted by Gasteiger charge is 2.15. The van der Waals surface area contributed by atoms with E-state index in [1.165, 1.54) is 6.08 Å². The summed E-state index contributed by atoms with van der Waals surface area (Å²) in [7, 11) is 0. The molecule has 0 atom stereocenters. The van der Waals surface area contributed by atoms with Crippen molar-refractivity contribution in [1.29, 1.82) is 5.26 Å². The van der Waals surface area contributed by atoms with Gasteiger partial charge in [0.05, 0.1) is 4.47 Å². The van der Waals surface area contributed by atoms with Gasteiger partial charge in [0.15, 0.2) is 6.61 Å². The van der Waals surface area contributed by atoms with E-state index >= 15 is 0 Å². The average Bonchev–Trinajstić information content (AvgIpc) is 2.83. The Balaban J connectivity index is 1.76. The number of benzene rings is 3. The summed E-state index contributed by atoms with van der Waals surface area (Å²) in [6.07, 6.45) is 1.44. The summed E-state index contributed by atoms with van der Waals surface area (Å²) in [5.41, 5.74) is 4.07. The molecule has 2 N–H and O–H groups in total. The van der Waals surface area contributed by atoms with Gasteiger partial charge < -0.3 is 15.4 Å². The number of hydrogen-bond acceptors (Lipinski definition) is 4. The highest BCUT2D eigenvalue weighted by atomic mass is 79.9. The maximum absolute atomic E-state index is 12.6. The summed E-state index contributed by atoms with van der Waals surface area (Å²) in [5.74, 6) is -0.497. The van der Waals surface area contributed by atoms with Crippen LogP contribution in [-0.4, -0.2) is 18.4 Å². The quantitative estimate of drug-likeness (QED) is 0.244. The number of aryl methyl sites for hydroxylation is 1. The minimum atomic E-state index is -0.508. The molecule has 8 heteroatoms. The molecule has 3 rings (SSSR count). The number of anilines is 1. The van der Waals surface area contributed by atoms with Crippen LogP contribution in [0.1, 0.15) is 22.3 Å². The van der Waals surface area contributed by atoms with Gasteiger partial charge in [-0.1, -0.05) is 58.4 Å². The van der Waals surface area contributed by atoms with Crippen molar-refractivity contribution < 1.29 is 14.3 Å². The predicted octanol–water partition coefficient (Wildman–Crippen LogP) is 6.07. The van der Waals surface area contributed by atoms with Crippen LogP contribution >= 0.6 is 31.9 Å². The molecule has 0 saturated heterocycles. The maximum Gasteiger partial charge on any atom is 0.262 e. The highest BCUT2D eigenvalue weighted by molar-refractivity contribution is 9.11. The third-order valence-electron chi connectivity index (χ3n) is 5.22. The molecule has 0 aliphatic rings. The zero-order chi connectivity index (χ0) is 25.4. The number of amides is 2. The van der Waals surface area contributed by atoms with Gasteiger partial charge in [0, 0.05) is 22.3 Å². The second kappa shape index (κ2) is 12.3.